The van der Waals surface area contributed by atoms with Crippen molar-refractivity contribution < 1.29 is 4.39 Å². The topological polar surface area (TPSA) is 47.8 Å². The van der Waals surface area contributed by atoms with E-state index in [9.17, 15) is 4.79 Å². The van der Waals surface area contributed by atoms with Crippen molar-refractivity contribution >= 4 is 51.8 Å². The van der Waals surface area contributed by atoms with Gasteiger partial charge in [-0.3, -0.25) is 4.79 Å². The van der Waals surface area contributed by atoms with Gasteiger partial charge in [0.05, 0.1) is 13.9 Å². The Kier molecular flexibility index (Phi) is 6.58. The SMILES string of the molecule is Cc1c(F)c(-c2ncc(C(P)(P)I)cn2)cc2ccn(CC3CCCCC3)c(=O)c12. The largest absolute Gasteiger partial charge is 0.315 e. The van der Waals surface area contributed by atoms with Crippen LogP contribution in [0.1, 0.15) is 43.2 Å². The van der Waals surface area contributed by atoms with Crippen LogP contribution in [0.25, 0.3) is 22.2 Å². The first-order chi connectivity index (χ1) is 14.3. The predicted molar refractivity (Wildman–Crippen MR) is 136 cm³/mol. The highest BCUT2D eigenvalue weighted by Gasteiger charge is 2.21. The van der Waals surface area contributed by atoms with Crippen LogP contribution < -0.4 is 5.56 Å². The average Bonchev–Trinajstić information content (AvgIpc) is 2.73. The average molecular weight is 555 g/mol. The molecule has 4 nitrogen and oxygen atoms in total. The van der Waals surface area contributed by atoms with E-state index in [0.29, 0.717) is 34.8 Å². The van der Waals surface area contributed by atoms with Crippen molar-refractivity contribution in [3.05, 3.63) is 58.0 Å². The standard InChI is InChI=1S/C22H25FIN3OP2/c1-13-18-15(7-8-27(21(18)28)12-14-5-3-2-4-6-14)9-17(19(13)23)20-25-10-16(11-26-20)22(24,29)30/h7-11,14H,2-6,12,29-30H2,1H3. The summed E-state index contributed by atoms with van der Waals surface area (Å²) >= 11 is 2.25. The van der Waals surface area contributed by atoms with Gasteiger partial charge in [-0.2, -0.15) is 0 Å². The molecule has 1 saturated carbocycles. The quantitative estimate of drug-likeness (QED) is 0.233. The number of hydrogen-bond acceptors (Lipinski definition) is 3. The van der Waals surface area contributed by atoms with Crippen molar-refractivity contribution in [1.82, 2.24) is 14.5 Å². The first-order valence-corrected chi connectivity index (χ1v) is 12.4. The number of halogens is 2. The molecule has 2 aromatic heterocycles. The summed E-state index contributed by atoms with van der Waals surface area (Å²) in [4.78, 5) is 21.9. The monoisotopic (exact) mass is 555 g/mol. The van der Waals surface area contributed by atoms with Crippen molar-refractivity contribution in [2.45, 2.75) is 48.5 Å². The summed E-state index contributed by atoms with van der Waals surface area (Å²) < 4.78 is 16.8. The lowest BCUT2D eigenvalue weighted by Gasteiger charge is -2.22. The van der Waals surface area contributed by atoms with E-state index in [2.05, 4.69) is 51.0 Å². The summed E-state index contributed by atoms with van der Waals surface area (Å²) in [5.41, 5.74) is 1.48. The summed E-state index contributed by atoms with van der Waals surface area (Å²) in [6.45, 7) is 2.38. The molecule has 8 heteroatoms. The van der Waals surface area contributed by atoms with Crippen LogP contribution in [-0.2, 0) is 9.45 Å². The summed E-state index contributed by atoms with van der Waals surface area (Å²) in [7, 11) is 5.41. The number of hydrogen-bond donors (Lipinski definition) is 0. The molecule has 2 unspecified atom stereocenters. The molecule has 0 spiro atoms. The van der Waals surface area contributed by atoms with Gasteiger partial charge in [0, 0.05) is 30.7 Å². The predicted octanol–water partition coefficient (Wildman–Crippen LogP) is 5.78. The summed E-state index contributed by atoms with van der Waals surface area (Å²) in [6.07, 6.45) is 11.3. The van der Waals surface area contributed by atoms with Crippen molar-refractivity contribution in [2.24, 2.45) is 5.92 Å². The number of pyridine rings is 1. The Morgan fingerprint density at radius 1 is 1.23 bits per heavy atom. The van der Waals surface area contributed by atoms with Crippen LogP contribution in [0, 0.1) is 18.7 Å². The minimum absolute atomic E-state index is 0.113. The number of nitrogens with zero attached hydrogens (tertiary/aromatic N) is 3. The highest BCUT2D eigenvalue weighted by molar-refractivity contribution is 14.1. The number of rotatable bonds is 4. The van der Waals surface area contributed by atoms with Gasteiger partial charge in [0.1, 0.15) is 5.82 Å². The molecule has 1 fully saturated rings. The highest BCUT2D eigenvalue weighted by Crippen LogP contribution is 2.44. The van der Waals surface area contributed by atoms with Crippen LogP contribution >= 0.6 is 41.1 Å². The van der Waals surface area contributed by atoms with Crippen molar-refractivity contribution in [3.63, 3.8) is 0 Å². The first kappa shape index (κ1) is 22.2. The molecule has 3 aromatic rings. The Labute approximate surface area is 194 Å². The molecule has 0 radical (unpaired) electrons. The Morgan fingerprint density at radius 2 is 1.90 bits per heavy atom. The zero-order valence-corrected chi connectivity index (χ0v) is 21.3. The summed E-state index contributed by atoms with van der Waals surface area (Å²) in [5.74, 6) is 0.423. The molecular weight excluding hydrogens is 530 g/mol. The van der Waals surface area contributed by atoms with E-state index in [1.54, 1.807) is 30.0 Å². The third-order valence-electron chi connectivity index (χ3n) is 5.95. The normalized spacial score (nSPS) is 15.6. The Balaban J connectivity index is 1.75. The molecular formula is C22H25FIN3OP2. The zero-order chi connectivity index (χ0) is 21.5. The van der Waals surface area contributed by atoms with Crippen LogP contribution in [-0.4, -0.2) is 14.5 Å². The number of aromatic nitrogens is 3. The van der Waals surface area contributed by atoms with Crippen molar-refractivity contribution in [1.29, 1.82) is 0 Å². The Hall–Kier alpha value is -0.970. The van der Waals surface area contributed by atoms with E-state index in [-0.39, 0.29) is 8.46 Å². The molecule has 158 valence electrons. The Morgan fingerprint density at radius 3 is 2.53 bits per heavy atom. The maximum atomic E-state index is 15.3. The lowest BCUT2D eigenvalue weighted by Crippen LogP contribution is -2.25. The van der Waals surface area contributed by atoms with Gasteiger partial charge in [-0.05, 0) is 48.8 Å². The second kappa shape index (κ2) is 8.88. The van der Waals surface area contributed by atoms with Crippen LogP contribution in [0.2, 0.25) is 0 Å². The van der Waals surface area contributed by atoms with Gasteiger partial charge in [-0.1, -0.05) is 41.9 Å². The number of benzene rings is 1. The molecule has 0 amide bonds. The molecule has 2 atom stereocenters. The van der Waals surface area contributed by atoms with Gasteiger partial charge in [0.15, 0.2) is 5.82 Å². The van der Waals surface area contributed by atoms with Gasteiger partial charge < -0.3 is 4.57 Å². The van der Waals surface area contributed by atoms with E-state index in [4.69, 9.17) is 0 Å². The van der Waals surface area contributed by atoms with E-state index >= 15 is 4.39 Å². The fourth-order valence-electron chi connectivity index (χ4n) is 4.24. The van der Waals surface area contributed by atoms with E-state index in [1.165, 1.54) is 19.3 Å². The van der Waals surface area contributed by atoms with Gasteiger partial charge in [-0.15, -0.1) is 18.5 Å². The number of aryl methyl sites for hydroxylation is 1. The van der Waals surface area contributed by atoms with Gasteiger partial charge in [0.2, 0.25) is 0 Å². The fraction of sp³-hybridized carbons (Fsp3) is 0.409. The van der Waals surface area contributed by atoms with E-state index in [0.717, 1.165) is 23.8 Å². The van der Waals surface area contributed by atoms with Crippen LogP contribution in [0.15, 0.2) is 35.5 Å². The number of fused-ring (bicyclic) bond motifs is 1. The first-order valence-electron chi connectivity index (χ1n) is 10.2. The summed E-state index contributed by atoms with van der Waals surface area (Å²) in [6, 6.07) is 3.60. The highest BCUT2D eigenvalue weighted by atomic mass is 127. The molecule has 0 aliphatic heterocycles. The third-order valence-corrected chi connectivity index (χ3v) is 7.24. The van der Waals surface area contributed by atoms with Gasteiger partial charge in [0.25, 0.3) is 5.56 Å². The molecule has 2 heterocycles. The lowest BCUT2D eigenvalue weighted by molar-refractivity contribution is 0.316. The number of alkyl halides is 1. The molecule has 1 aliphatic rings. The molecule has 0 N–H and O–H groups in total. The van der Waals surface area contributed by atoms with Gasteiger partial charge >= 0.3 is 0 Å². The maximum Gasteiger partial charge on any atom is 0.258 e. The second-order valence-corrected chi connectivity index (χ2v) is 14.8. The maximum absolute atomic E-state index is 15.3. The Bertz CT molecular complexity index is 1140. The molecule has 30 heavy (non-hydrogen) atoms. The van der Waals surface area contributed by atoms with Crippen molar-refractivity contribution in [2.75, 3.05) is 0 Å². The van der Waals surface area contributed by atoms with Crippen LogP contribution in [0.4, 0.5) is 4.39 Å². The third kappa shape index (κ3) is 4.47. The van der Waals surface area contributed by atoms with Crippen LogP contribution in [0.3, 0.4) is 0 Å². The smallest absolute Gasteiger partial charge is 0.258 e. The molecule has 1 aromatic carbocycles. The lowest BCUT2D eigenvalue weighted by atomic mass is 9.89. The van der Waals surface area contributed by atoms with E-state index in [1.807, 2.05) is 12.3 Å². The minimum Gasteiger partial charge on any atom is -0.315 e. The molecule has 0 saturated heterocycles. The second-order valence-electron chi connectivity index (χ2n) is 8.17. The molecule has 4 rings (SSSR count). The van der Waals surface area contributed by atoms with Crippen LogP contribution in [0.5, 0.6) is 0 Å². The fourth-order valence-corrected chi connectivity index (χ4v) is 4.81. The summed E-state index contributed by atoms with van der Waals surface area (Å²) in [5, 5.41) is 1.18. The zero-order valence-electron chi connectivity index (χ0n) is 16.9. The minimum atomic E-state index is -0.430. The van der Waals surface area contributed by atoms with Gasteiger partial charge in [-0.25, -0.2) is 14.4 Å². The molecule has 1 aliphatic carbocycles. The van der Waals surface area contributed by atoms with E-state index < -0.39 is 5.82 Å². The molecule has 0 bridgehead atoms. The van der Waals surface area contributed by atoms with Crippen molar-refractivity contribution in [3.8, 4) is 11.4 Å².